The third kappa shape index (κ3) is 4.11. The first kappa shape index (κ1) is 15.8. The van der Waals surface area contributed by atoms with Crippen molar-refractivity contribution in [2.24, 2.45) is 0 Å². The Morgan fingerprint density at radius 2 is 1.74 bits per heavy atom. The number of aliphatic carboxylic acids is 1. The van der Waals surface area contributed by atoms with Gasteiger partial charge in [-0.1, -0.05) is 32.6 Å². The van der Waals surface area contributed by atoms with Crippen LogP contribution in [0.15, 0.2) is 0 Å². The minimum absolute atomic E-state index is 0.242. The van der Waals surface area contributed by atoms with Crippen molar-refractivity contribution in [1.29, 1.82) is 0 Å². The van der Waals surface area contributed by atoms with Gasteiger partial charge in [0.25, 0.3) is 0 Å². The molecule has 0 unspecified atom stereocenters. The fourth-order valence-electron chi connectivity index (χ4n) is 2.68. The number of carbonyl (C=O) groups is 2. The topological polar surface area (TPSA) is 69.6 Å². The van der Waals surface area contributed by atoms with Crippen molar-refractivity contribution in [2.75, 3.05) is 13.1 Å². The molecule has 1 saturated carbocycles. The van der Waals surface area contributed by atoms with Crippen LogP contribution >= 0.6 is 0 Å². The van der Waals surface area contributed by atoms with E-state index in [4.69, 9.17) is 0 Å². The molecule has 19 heavy (non-hydrogen) atoms. The van der Waals surface area contributed by atoms with Gasteiger partial charge in [0.2, 0.25) is 0 Å². The van der Waals surface area contributed by atoms with Crippen LogP contribution in [-0.2, 0) is 4.79 Å². The molecule has 0 saturated heterocycles. The number of carboxylic acids is 1. The van der Waals surface area contributed by atoms with Crippen LogP contribution < -0.4 is 5.32 Å². The maximum absolute atomic E-state index is 12.2. The Balaban J connectivity index is 2.77. The molecule has 0 aromatic rings. The summed E-state index contributed by atoms with van der Waals surface area (Å²) < 4.78 is 0. The maximum atomic E-state index is 12.2. The van der Waals surface area contributed by atoms with Gasteiger partial charge in [0.05, 0.1) is 0 Å². The third-order valence-corrected chi connectivity index (χ3v) is 3.88. The van der Waals surface area contributed by atoms with Gasteiger partial charge < -0.3 is 15.3 Å². The highest BCUT2D eigenvalue weighted by Crippen LogP contribution is 2.27. The van der Waals surface area contributed by atoms with E-state index in [0.29, 0.717) is 25.9 Å². The summed E-state index contributed by atoms with van der Waals surface area (Å²) in [5.74, 6) is -0.893. The Morgan fingerprint density at radius 1 is 1.16 bits per heavy atom. The summed E-state index contributed by atoms with van der Waals surface area (Å²) in [5.41, 5.74) is -1.06. The van der Waals surface area contributed by atoms with Crippen LogP contribution in [0.3, 0.4) is 0 Å². The van der Waals surface area contributed by atoms with Crippen LogP contribution in [0.1, 0.15) is 58.8 Å². The van der Waals surface area contributed by atoms with Crippen molar-refractivity contribution in [1.82, 2.24) is 10.2 Å². The second kappa shape index (κ2) is 7.36. The second-order valence-corrected chi connectivity index (χ2v) is 5.31. The molecule has 0 aromatic carbocycles. The maximum Gasteiger partial charge on any atom is 0.329 e. The van der Waals surface area contributed by atoms with Crippen molar-refractivity contribution in [3.05, 3.63) is 0 Å². The molecule has 0 heterocycles. The average Bonchev–Trinajstić information content (AvgIpc) is 2.62. The molecule has 5 heteroatoms. The van der Waals surface area contributed by atoms with Gasteiger partial charge in [-0.05, 0) is 26.2 Å². The van der Waals surface area contributed by atoms with E-state index in [9.17, 15) is 14.7 Å². The molecule has 2 amide bonds. The van der Waals surface area contributed by atoms with Crippen LogP contribution in [0.2, 0.25) is 0 Å². The summed E-state index contributed by atoms with van der Waals surface area (Å²) in [7, 11) is 0. The second-order valence-electron chi connectivity index (χ2n) is 5.31. The fraction of sp³-hybridized carbons (Fsp3) is 0.857. The van der Waals surface area contributed by atoms with Crippen molar-refractivity contribution in [3.63, 3.8) is 0 Å². The zero-order chi connectivity index (χ0) is 14.3. The van der Waals surface area contributed by atoms with Gasteiger partial charge in [-0.2, -0.15) is 0 Å². The molecular weight excluding hydrogens is 244 g/mol. The summed E-state index contributed by atoms with van der Waals surface area (Å²) in [6, 6.07) is -0.242. The van der Waals surface area contributed by atoms with Gasteiger partial charge in [-0.25, -0.2) is 9.59 Å². The Labute approximate surface area is 115 Å². The van der Waals surface area contributed by atoms with Crippen molar-refractivity contribution < 1.29 is 14.7 Å². The SMILES string of the molecule is CCCN(CC)C(=O)NC1(C(=O)O)CCCCCC1. The number of nitrogens with one attached hydrogen (secondary N) is 1. The first-order chi connectivity index (χ1) is 9.05. The molecule has 110 valence electrons. The standard InChI is InChI=1S/C14H26N2O3/c1-3-11-16(4-2)13(19)15-14(12(17)18)9-7-5-6-8-10-14/h3-11H2,1-2H3,(H,15,19)(H,17,18). The molecule has 0 bridgehead atoms. The Kier molecular flexibility index (Phi) is 6.12. The van der Waals surface area contributed by atoms with Gasteiger partial charge in [-0.3, -0.25) is 0 Å². The predicted octanol–water partition coefficient (Wildman–Crippen LogP) is 2.61. The number of hydrogen-bond donors (Lipinski definition) is 2. The largest absolute Gasteiger partial charge is 0.480 e. The summed E-state index contributed by atoms with van der Waals surface area (Å²) in [6.07, 6.45) is 5.80. The van der Waals surface area contributed by atoms with Crippen LogP contribution in [0.25, 0.3) is 0 Å². The fourth-order valence-corrected chi connectivity index (χ4v) is 2.68. The van der Waals surface area contributed by atoms with E-state index < -0.39 is 11.5 Å². The van der Waals surface area contributed by atoms with E-state index in [1.165, 1.54) is 0 Å². The van der Waals surface area contributed by atoms with Crippen LogP contribution in [-0.4, -0.2) is 40.6 Å². The molecule has 1 aliphatic carbocycles. The highest BCUT2D eigenvalue weighted by molar-refractivity contribution is 5.86. The molecule has 0 aliphatic heterocycles. The highest BCUT2D eigenvalue weighted by Gasteiger charge is 2.40. The minimum Gasteiger partial charge on any atom is -0.480 e. The average molecular weight is 270 g/mol. The van der Waals surface area contributed by atoms with E-state index in [-0.39, 0.29) is 6.03 Å². The molecule has 1 aliphatic rings. The quantitative estimate of drug-likeness (QED) is 0.754. The Hall–Kier alpha value is -1.26. The molecule has 2 N–H and O–H groups in total. The number of carboxylic acid groups (broad SMARTS) is 1. The van der Waals surface area contributed by atoms with E-state index in [2.05, 4.69) is 5.32 Å². The molecule has 0 spiro atoms. The number of amides is 2. The molecule has 0 aromatic heterocycles. The van der Waals surface area contributed by atoms with Crippen molar-refractivity contribution >= 4 is 12.0 Å². The summed E-state index contributed by atoms with van der Waals surface area (Å²) in [4.78, 5) is 25.5. The van der Waals surface area contributed by atoms with E-state index in [0.717, 1.165) is 32.1 Å². The van der Waals surface area contributed by atoms with Crippen molar-refractivity contribution in [2.45, 2.75) is 64.3 Å². The normalized spacial score (nSPS) is 18.4. The smallest absolute Gasteiger partial charge is 0.329 e. The van der Waals surface area contributed by atoms with E-state index in [1.807, 2.05) is 13.8 Å². The number of rotatable bonds is 5. The van der Waals surface area contributed by atoms with Gasteiger partial charge in [0, 0.05) is 13.1 Å². The van der Waals surface area contributed by atoms with Gasteiger partial charge in [-0.15, -0.1) is 0 Å². The Bertz CT molecular complexity index is 310. The van der Waals surface area contributed by atoms with Crippen LogP contribution in [0.4, 0.5) is 4.79 Å². The Morgan fingerprint density at radius 3 is 2.16 bits per heavy atom. The van der Waals surface area contributed by atoms with Gasteiger partial charge in [0.1, 0.15) is 5.54 Å². The van der Waals surface area contributed by atoms with Gasteiger partial charge >= 0.3 is 12.0 Å². The lowest BCUT2D eigenvalue weighted by Crippen LogP contribution is -2.57. The molecule has 0 radical (unpaired) electrons. The van der Waals surface area contributed by atoms with Crippen molar-refractivity contribution in [3.8, 4) is 0 Å². The number of carbonyl (C=O) groups excluding carboxylic acids is 1. The molecule has 5 nitrogen and oxygen atoms in total. The number of hydrogen-bond acceptors (Lipinski definition) is 2. The zero-order valence-corrected chi connectivity index (χ0v) is 12.1. The molecule has 0 atom stereocenters. The zero-order valence-electron chi connectivity index (χ0n) is 12.1. The summed E-state index contributed by atoms with van der Waals surface area (Å²) in [6.45, 7) is 5.19. The first-order valence-electron chi connectivity index (χ1n) is 7.36. The molecular formula is C14H26N2O3. The predicted molar refractivity (Wildman–Crippen MR) is 74.1 cm³/mol. The number of urea groups is 1. The third-order valence-electron chi connectivity index (χ3n) is 3.88. The lowest BCUT2D eigenvalue weighted by Gasteiger charge is -2.32. The molecule has 1 rings (SSSR count). The summed E-state index contributed by atoms with van der Waals surface area (Å²) in [5, 5.41) is 12.3. The first-order valence-corrected chi connectivity index (χ1v) is 7.36. The van der Waals surface area contributed by atoms with Crippen LogP contribution in [0.5, 0.6) is 0 Å². The lowest BCUT2D eigenvalue weighted by atomic mass is 9.90. The number of nitrogens with zero attached hydrogens (tertiary/aromatic N) is 1. The monoisotopic (exact) mass is 270 g/mol. The van der Waals surface area contributed by atoms with E-state index in [1.54, 1.807) is 4.90 Å². The minimum atomic E-state index is -1.06. The highest BCUT2D eigenvalue weighted by atomic mass is 16.4. The van der Waals surface area contributed by atoms with Gasteiger partial charge in [0.15, 0.2) is 0 Å². The lowest BCUT2D eigenvalue weighted by molar-refractivity contribution is -0.145. The van der Waals surface area contributed by atoms with Crippen LogP contribution in [0, 0.1) is 0 Å². The van der Waals surface area contributed by atoms with E-state index >= 15 is 0 Å². The molecule has 1 fully saturated rings. The summed E-state index contributed by atoms with van der Waals surface area (Å²) >= 11 is 0.